The molecule has 0 spiro atoms. The second-order valence-electron chi connectivity index (χ2n) is 6.07. The lowest BCUT2D eigenvalue weighted by molar-refractivity contribution is -0.139. The van der Waals surface area contributed by atoms with Crippen molar-refractivity contribution in [2.45, 2.75) is 32.4 Å². The maximum Gasteiger partial charge on any atom is 0.222 e. The van der Waals surface area contributed by atoms with Crippen LogP contribution in [0, 0.1) is 6.92 Å². The van der Waals surface area contributed by atoms with Gasteiger partial charge in [0.05, 0.1) is 25.2 Å². The number of rotatable bonds is 5. The monoisotopic (exact) mass is 329 g/mol. The Labute approximate surface area is 141 Å². The Morgan fingerprint density at radius 3 is 3.08 bits per heavy atom. The van der Waals surface area contributed by atoms with Gasteiger partial charge in [-0.25, -0.2) is 4.98 Å². The van der Waals surface area contributed by atoms with Crippen LogP contribution in [0.1, 0.15) is 30.3 Å². The Bertz CT molecular complexity index is 666. The molecule has 24 heavy (non-hydrogen) atoms. The van der Waals surface area contributed by atoms with Crippen LogP contribution in [0.3, 0.4) is 0 Å². The molecule has 128 valence electrons. The number of nitrogens with two attached hydrogens (primary N) is 1. The van der Waals surface area contributed by atoms with Crippen LogP contribution in [0.2, 0.25) is 0 Å². The number of nitrogen functional groups attached to an aromatic ring is 1. The first-order chi connectivity index (χ1) is 11.6. The molecular formula is C17H23N5O2. The number of morpholine rings is 1. The number of anilines is 1. The van der Waals surface area contributed by atoms with Gasteiger partial charge in [-0.3, -0.25) is 9.78 Å². The van der Waals surface area contributed by atoms with Crippen molar-refractivity contribution in [3.05, 3.63) is 42.2 Å². The summed E-state index contributed by atoms with van der Waals surface area (Å²) in [5.74, 6) is 0.157. The van der Waals surface area contributed by atoms with Crippen molar-refractivity contribution >= 4 is 11.6 Å². The Hall–Kier alpha value is -2.41. The van der Waals surface area contributed by atoms with E-state index in [1.54, 1.807) is 12.5 Å². The number of aromatic nitrogens is 3. The third-order valence-corrected chi connectivity index (χ3v) is 4.11. The third kappa shape index (κ3) is 4.11. The van der Waals surface area contributed by atoms with Gasteiger partial charge in [-0.05, 0) is 25.5 Å². The Kier molecular flexibility index (Phi) is 5.10. The molecule has 7 nitrogen and oxygen atoms in total. The number of nitrogens with zero attached hydrogens (tertiary/aromatic N) is 4. The second kappa shape index (κ2) is 7.44. The fourth-order valence-corrected chi connectivity index (χ4v) is 2.93. The van der Waals surface area contributed by atoms with Gasteiger partial charge in [-0.15, -0.1) is 0 Å². The number of pyridine rings is 1. The molecule has 2 aromatic heterocycles. The van der Waals surface area contributed by atoms with Crippen molar-refractivity contribution in [1.82, 2.24) is 19.4 Å². The average Bonchev–Trinajstić information content (AvgIpc) is 3.07. The van der Waals surface area contributed by atoms with E-state index < -0.39 is 0 Å². The van der Waals surface area contributed by atoms with E-state index in [4.69, 9.17) is 10.5 Å². The fraction of sp³-hybridized carbons (Fsp3) is 0.471. The van der Waals surface area contributed by atoms with Crippen LogP contribution in [0.15, 0.2) is 30.9 Å². The number of carbonyl (C=O) groups excluding carboxylic acids is 1. The molecule has 7 heteroatoms. The maximum atomic E-state index is 12.4. The van der Waals surface area contributed by atoms with Crippen molar-refractivity contribution in [3.63, 3.8) is 0 Å². The Morgan fingerprint density at radius 1 is 1.46 bits per heavy atom. The lowest BCUT2D eigenvalue weighted by Crippen LogP contribution is -2.42. The van der Waals surface area contributed by atoms with Gasteiger partial charge in [0.15, 0.2) is 0 Å². The molecule has 1 aliphatic heterocycles. The quantitative estimate of drug-likeness (QED) is 0.899. The molecule has 1 saturated heterocycles. The first-order valence-electron chi connectivity index (χ1n) is 8.21. The van der Waals surface area contributed by atoms with Crippen LogP contribution < -0.4 is 5.73 Å². The predicted octanol–water partition coefficient (Wildman–Crippen LogP) is 1.55. The number of aryl methyl sites for hydroxylation is 2. The number of hydrogen-bond donors (Lipinski definition) is 1. The summed E-state index contributed by atoms with van der Waals surface area (Å²) >= 11 is 0. The largest absolute Gasteiger partial charge is 0.399 e. The van der Waals surface area contributed by atoms with E-state index in [1.165, 1.54) is 0 Å². The average molecular weight is 329 g/mol. The standard InChI is InChI=1S/C17H23N5O2/c1-13-9-14(18)10-15(20-13)16-11-22(7-8-24-16)17(23)3-2-5-21-6-4-19-12-21/h4,6,9-10,12,16H,2-3,5,7-8,11H2,1H3,(H2,18,20)/t16-/m1/s1. The van der Waals surface area contributed by atoms with Gasteiger partial charge in [0.25, 0.3) is 0 Å². The number of hydrogen-bond acceptors (Lipinski definition) is 5. The minimum atomic E-state index is -0.210. The van der Waals surface area contributed by atoms with Crippen molar-refractivity contribution < 1.29 is 9.53 Å². The van der Waals surface area contributed by atoms with E-state index in [0.29, 0.717) is 31.8 Å². The maximum absolute atomic E-state index is 12.4. The highest BCUT2D eigenvalue weighted by molar-refractivity contribution is 5.76. The summed E-state index contributed by atoms with van der Waals surface area (Å²) < 4.78 is 7.77. The van der Waals surface area contributed by atoms with Crippen LogP contribution in [0.25, 0.3) is 0 Å². The van der Waals surface area contributed by atoms with Gasteiger partial charge in [-0.1, -0.05) is 0 Å². The highest BCUT2D eigenvalue weighted by Gasteiger charge is 2.26. The molecule has 1 fully saturated rings. The van der Waals surface area contributed by atoms with E-state index in [1.807, 2.05) is 34.7 Å². The minimum Gasteiger partial charge on any atom is -0.399 e. The highest BCUT2D eigenvalue weighted by Crippen LogP contribution is 2.23. The van der Waals surface area contributed by atoms with Crippen molar-refractivity contribution in [1.29, 1.82) is 0 Å². The van der Waals surface area contributed by atoms with Gasteiger partial charge >= 0.3 is 0 Å². The van der Waals surface area contributed by atoms with E-state index >= 15 is 0 Å². The van der Waals surface area contributed by atoms with Crippen molar-refractivity contribution in [2.24, 2.45) is 0 Å². The zero-order valence-corrected chi connectivity index (χ0v) is 13.9. The smallest absolute Gasteiger partial charge is 0.222 e. The SMILES string of the molecule is Cc1cc(N)cc([C@H]2CN(C(=O)CCCn3ccnc3)CCO2)n1. The zero-order chi connectivity index (χ0) is 16.9. The zero-order valence-electron chi connectivity index (χ0n) is 13.9. The topological polar surface area (TPSA) is 86.3 Å². The predicted molar refractivity (Wildman–Crippen MR) is 90.1 cm³/mol. The van der Waals surface area contributed by atoms with Crippen LogP contribution in [0.5, 0.6) is 0 Å². The molecule has 1 amide bonds. The van der Waals surface area contributed by atoms with E-state index in [2.05, 4.69) is 9.97 Å². The molecule has 2 aromatic rings. The Morgan fingerprint density at radius 2 is 2.33 bits per heavy atom. The van der Waals surface area contributed by atoms with Gasteiger partial charge in [-0.2, -0.15) is 0 Å². The van der Waals surface area contributed by atoms with Crippen LogP contribution in [-0.4, -0.2) is 45.0 Å². The summed E-state index contributed by atoms with van der Waals surface area (Å²) in [5.41, 5.74) is 8.21. The summed E-state index contributed by atoms with van der Waals surface area (Å²) in [6.45, 7) is 4.38. The molecule has 3 heterocycles. The second-order valence-corrected chi connectivity index (χ2v) is 6.07. The first kappa shape index (κ1) is 16.4. The third-order valence-electron chi connectivity index (χ3n) is 4.11. The normalized spacial score (nSPS) is 17.9. The van der Waals surface area contributed by atoms with E-state index in [0.717, 1.165) is 24.4 Å². The summed E-state index contributed by atoms with van der Waals surface area (Å²) in [7, 11) is 0. The molecule has 2 N–H and O–H groups in total. The molecule has 0 aliphatic carbocycles. The lowest BCUT2D eigenvalue weighted by atomic mass is 10.1. The minimum absolute atomic E-state index is 0.157. The highest BCUT2D eigenvalue weighted by atomic mass is 16.5. The van der Waals surface area contributed by atoms with Gasteiger partial charge in [0.1, 0.15) is 6.10 Å². The number of carbonyl (C=O) groups is 1. The summed E-state index contributed by atoms with van der Waals surface area (Å²) in [4.78, 5) is 22.8. The number of amides is 1. The fourth-order valence-electron chi connectivity index (χ4n) is 2.93. The van der Waals surface area contributed by atoms with Gasteiger partial charge in [0.2, 0.25) is 5.91 Å². The lowest BCUT2D eigenvalue weighted by Gasteiger charge is -2.33. The molecule has 0 radical (unpaired) electrons. The van der Waals surface area contributed by atoms with Crippen LogP contribution in [0.4, 0.5) is 5.69 Å². The molecular weight excluding hydrogens is 306 g/mol. The summed E-state index contributed by atoms with van der Waals surface area (Å²) in [5, 5.41) is 0. The first-order valence-corrected chi connectivity index (χ1v) is 8.21. The number of ether oxygens (including phenoxy) is 1. The molecule has 3 rings (SSSR count). The molecule has 0 unspecified atom stereocenters. The Balaban J connectivity index is 1.55. The molecule has 0 saturated carbocycles. The van der Waals surface area contributed by atoms with Crippen LogP contribution >= 0.6 is 0 Å². The van der Waals surface area contributed by atoms with Crippen LogP contribution in [-0.2, 0) is 16.1 Å². The summed E-state index contributed by atoms with van der Waals surface area (Å²) in [6, 6.07) is 3.65. The molecule has 0 aromatic carbocycles. The van der Waals surface area contributed by atoms with Crippen molar-refractivity contribution in [3.8, 4) is 0 Å². The van der Waals surface area contributed by atoms with Gasteiger partial charge < -0.3 is 19.9 Å². The molecule has 0 bridgehead atoms. The molecule has 1 aliphatic rings. The number of imidazole rings is 1. The summed E-state index contributed by atoms with van der Waals surface area (Å²) in [6.07, 6.45) is 6.53. The van der Waals surface area contributed by atoms with E-state index in [9.17, 15) is 4.79 Å². The molecule has 1 atom stereocenters. The van der Waals surface area contributed by atoms with Gasteiger partial charge in [0, 0.05) is 43.3 Å². The van der Waals surface area contributed by atoms with E-state index in [-0.39, 0.29) is 12.0 Å². The van der Waals surface area contributed by atoms with Crippen molar-refractivity contribution in [2.75, 3.05) is 25.4 Å².